The molecule has 1 nitrogen and oxygen atoms in total. The van der Waals surface area contributed by atoms with Gasteiger partial charge in [0.05, 0.1) is 8.07 Å². The fourth-order valence-corrected chi connectivity index (χ4v) is 4.18. The lowest BCUT2D eigenvalue weighted by molar-refractivity contribution is 0.239. The van der Waals surface area contributed by atoms with Crippen LogP contribution >= 0.6 is 0 Å². The van der Waals surface area contributed by atoms with E-state index in [0.717, 1.165) is 0 Å². The monoisotopic (exact) mass is 225 g/mol. The summed E-state index contributed by atoms with van der Waals surface area (Å²) < 4.78 is 0. The van der Waals surface area contributed by atoms with Crippen molar-refractivity contribution in [2.45, 2.75) is 51.4 Å². The Morgan fingerprint density at radius 3 is 2.40 bits per heavy atom. The Hall–Kier alpha value is -0.0831. The molecule has 1 rings (SSSR count). The minimum atomic E-state index is -0.937. The second kappa shape index (κ2) is 6.49. The molecule has 0 amide bonds. The van der Waals surface area contributed by atoms with Crippen LogP contribution in [0.2, 0.25) is 25.2 Å². The van der Waals surface area contributed by atoms with E-state index in [-0.39, 0.29) is 0 Å². The highest BCUT2D eigenvalue weighted by molar-refractivity contribution is 6.77. The van der Waals surface area contributed by atoms with Crippen molar-refractivity contribution in [3.63, 3.8) is 0 Å². The summed E-state index contributed by atoms with van der Waals surface area (Å²) in [5.41, 5.74) is 0. The molecule has 0 aromatic carbocycles. The Balaban J connectivity index is 2.21. The average molecular weight is 225 g/mol. The predicted molar refractivity (Wildman–Crippen MR) is 72.2 cm³/mol. The first-order valence-electron chi connectivity index (χ1n) is 6.47. The lowest BCUT2D eigenvalue weighted by Gasteiger charge is -2.30. The van der Waals surface area contributed by atoms with Gasteiger partial charge in [0.25, 0.3) is 0 Å². The zero-order valence-corrected chi connectivity index (χ0v) is 11.8. The molecule has 0 aliphatic carbocycles. The van der Waals surface area contributed by atoms with Gasteiger partial charge in [0.1, 0.15) is 0 Å². The van der Waals surface area contributed by atoms with Gasteiger partial charge in [-0.1, -0.05) is 31.7 Å². The quantitative estimate of drug-likeness (QED) is 0.509. The Morgan fingerprint density at radius 1 is 1.13 bits per heavy atom. The summed E-state index contributed by atoms with van der Waals surface area (Å²) in [6.07, 6.45) is 8.88. The van der Waals surface area contributed by atoms with Gasteiger partial charge in [-0.25, -0.2) is 0 Å². The first kappa shape index (κ1) is 13.0. The molecule has 0 saturated carbocycles. The Morgan fingerprint density at radius 2 is 1.80 bits per heavy atom. The van der Waals surface area contributed by atoms with Crippen molar-refractivity contribution in [1.82, 2.24) is 4.90 Å². The highest BCUT2D eigenvalue weighted by atomic mass is 28.3. The zero-order chi connectivity index (χ0) is 11.1. The minimum absolute atomic E-state index is 0.937. The summed E-state index contributed by atoms with van der Waals surface area (Å²) >= 11 is 0. The van der Waals surface area contributed by atoms with Gasteiger partial charge < -0.3 is 4.90 Å². The summed E-state index contributed by atoms with van der Waals surface area (Å²) in [4.78, 5) is 2.67. The topological polar surface area (TPSA) is 3.24 Å². The Kier molecular flexibility index (Phi) is 5.62. The van der Waals surface area contributed by atoms with E-state index in [1.165, 1.54) is 51.0 Å². The molecule has 1 aliphatic rings. The molecule has 0 atom stereocenters. The summed E-state index contributed by atoms with van der Waals surface area (Å²) in [7, 11) is -0.937. The molecule has 1 heterocycles. The van der Waals surface area contributed by atoms with E-state index in [1.807, 2.05) is 0 Å². The van der Waals surface area contributed by atoms with Crippen molar-refractivity contribution in [2.75, 3.05) is 19.6 Å². The average Bonchev–Trinajstić information content (AvgIpc) is 2.25. The molecule has 0 aromatic rings. The van der Waals surface area contributed by atoms with Gasteiger partial charge in [0, 0.05) is 0 Å². The summed E-state index contributed by atoms with van der Waals surface area (Å²) in [5.74, 6) is 0. The molecule has 0 bridgehead atoms. The maximum atomic E-state index is 2.67. The first-order valence-corrected chi connectivity index (χ1v) is 9.89. The van der Waals surface area contributed by atoms with Crippen LogP contribution in [-0.4, -0.2) is 32.6 Å². The predicted octanol–water partition coefficient (Wildman–Crippen LogP) is 3.76. The zero-order valence-electron chi connectivity index (χ0n) is 10.8. The molecule has 2 heteroatoms. The molecule has 15 heavy (non-hydrogen) atoms. The minimum Gasteiger partial charge on any atom is -0.304 e. The van der Waals surface area contributed by atoms with Crippen LogP contribution in [0.3, 0.4) is 0 Å². The van der Waals surface area contributed by atoms with Crippen LogP contribution in [0.25, 0.3) is 0 Å². The highest BCUT2D eigenvalue weighted by Gasteiger charge is 2.20. The van der Waals surface area contributed by atoms with Gasteiger partial charge in [0.2, 0.25) is 0 Å². The molecule has 0 unspecified atom stereocenters. The van der Waals surface area contributed by atoms with Crippen molar-refractivity contribution in [3.05, 3.63) is 12.2 Å². The van der Waals surface area contributed by atoms with Gasteiger partial charge in [0.15, 0.2) is 0 Å². The van der Waals surface area contributed by atoms with E-state index >= 15 is 0 Å². The van der Waals surface area contributed by atoms with Gasteiger partial charge in [-0.2, -0.15) is 0 Å². The number of nitrogens with zero attached hydrogens (tertiary/aromatic N) is 1. The number of hydrogen-bond acceptors (Lipinski definition) is 1. The number of rotatable bonds is 5. The summed E-state index contributed by atoms with van der Waals surface area (Å²) in [6.45, 7) is 11.3. The maximum Gasteiger partial charge on any atom is 0.0523 e. The SMILES string of the molecule is CC=CC[Si](C)(C)CCN1CCCCC1. The lowest BCUT2D eigenvalue weighted by Crippen LogP contribution is -2.35. The molecule has 88 valence electrons. The van der Waals surface area contributed by atoms with Crippen LogP contribution in [0.4, 0.5) is 0 Å². The third kappa shape index (κ3) is 5.52. The molecule has 1 aliphatic heterocycles. The van der Waals surface area contributed by atoms with Crippen LogP contribution in [0.5, 0.6) is 0 Å². The maximum absolute atomic E-state index is 2.67. The molecule has 0 aromatic heterocycles. The molecule has 0 spiro atoms. The summed E-state index contributed by atoms with van der Waals surface area (Å²) in [5, 5.41) is 0. The van der Waals surface area contributed by atoms with Crippen molar-refractivity contribution in [3.8, 4) is 0 Å². The van der Waals surface area contributed by atoms with Crippen LogP contribution < -0.4 is 0 Å². The van der Waals surface area contributed by atoms with Crippen LogP contribution in [-0.2, 0) is 0 Å². The van der Waals surface area contributed by atoms with E-state index in [0.29, 0.717) is 0 Å². The van der Waals surface area contributed by atoms with Crippen molar-refractivity contribution >= 4 is 8.07 Å². The van der Waals surface area contributed by atoms with Crippen LogP contribution in [0.1, 0.15) is 26.2 Å². The van der Waals surface area contributed by atoms with Crippen molar-refractivity contribution in [1.29, 1.82) is 0 Å². The molecular weight excluding hydrogens is 198 g/mol. The van der Waals surface area contributed by atoms with Gasteiger partial charge in [-0.15, -0.1) is 0 Å². The fraction of sp³-hybridized carbons (Fsp3) is 0.846. The van der Waals surface area contributed by atoms with Gasteiger partial charge in [-0.3, -0.25) is 0 Å². The molecule has 1 saturated heterocycles. The molecule has 0 N–H and O–H groups in total. The van der Waals surface area contributed by atoms with E-state index in [9.17, 15) is 0 Å². The normalized spacial score (nSPS) is 19.9. The van der Waals surface area contributed by atoms with E-state index in [4.69, 9.17) is 0 Å². The van der Waals surface area contributed by atoms with Crippen LogP contribution in [0, 0.1) is 0 Å². The van der Waals surface area contributed by atoms with E-state index in [2.05, 4.69) is 37.1 Å². The highest BCUT2D eigenvalue weighted by Crippen LogP contribution is 2.18. The fourth-order valence-electron chi connectivity index (χ4n) is 2.18. The number of hydrogen-bond donors (Lipinski definition) is 0. The second-order valence-corrected chi connectivity index (χ2v) is 10.8. The first-order chi connectivity index (χ1) is 7.14. The standard InChI is InChI=1S/C13H27NSi/c1-4-5-12-15(2,3)13-11-14-9-7-6-8-10-14/h4-5H,6-13H2,1-3H3. The van der Waals surface area contributed by atoms with Crippen molar-refractivity contribution in [2.24, 2.45) is 0 Å². The number of likely N-dealkylation sites (tertiary alicyclic amines) is 1. The smallest absolute Gasteiger partial charge is 0.0523 e. The third-order valence-electron chi connectivity index (χ3n) is 3.46. The van der Waals surface area contributed by atoms with Gasteiger partial charge in [-0.05, 0) is 51.5 Å². The third-order valence-corrected chi connectivity index (χ3v) is 6.38. The Labute approximate surface area is 96.6 Å². The molecule has 0 radical (unpaired) electrons. The largest absolute Gasteiger partial charge is 0.304 e. The Bertz CT molecular complexity index is 193. The number of allylic oxidation sites excluding steroid dienone is 2. The van der Waals surface area contributed by atoms with Crippen molar-refractivity contribution < 1.29 is 0 Å². The summed E-state index contributed by atoms with van der Waals surface area (Å²) in [6, 6.07) is 2.83. The molecular formula is C13H27NSi. The second-order valence-electron chi connectivity index (χ2n) is 5.59. The van der Waals surface area contributed by atoms with Crippen LogP contribution in [0.15, 0.2) is 12.2 Å². The van der Waals surface area contributed by atoms with E-state index in [1.54, 1.807) is 0 Å². The van der Waals surface area contributed by atoms with E-state index < -0.39 is 8.07 Å². The lowest BCUT2D eigenvalue weighted by atomic mass is 10.1. The molecule has 1 fully saturated rings. The van der Waals surface area contributed by atoms with Gasteiger partial charge >= 0.3 is 0 Å². The number of piperidine rings is 1.